The highest BCUT2D eigenvalue weighted by atomic mass is 16.5. The van der Waals surface area contributed by atoms with Crippen LogP contribution in [0.2, 0.25) is 0 Å². The third-order valence-corrected chi connectivity index (χ3v) is 3.39. The number of hydrogen-bond acceptors (Lipinski definition) is 3. The molecule has 1 amide bonds. The molecule has 0 bridgehead atoms. The minimum Gasteiger partial charge on any atom is -0.381 e. The second-order valence-electron chi connectivity index (χ2n) is 4.78. The highest BCUT2D eigenvalue weighted by Gasteiger charge is 2.18. The van der Waals surface area contributed by atoms with Gasteiger partial charge in [-0.05, 0) is 32.1 Å². The summed E-state index contributed by atoms with van der Waals surface area (Å²) in [5.74, 6) is 0.677. The Morgan fingerprint density at radius 1 is 1.44 bits per heavy atom. The molecular formula is C12H24N2O2. The summed E-state index contributed by atoms with van der Waals surface area (Å²) in [6, 6.07) is -0.0805. The average Bonchev–Trinajstić information content (AvgIpc) is 2.29. The maximum atomic E-state index is 11.6. The fourth-order valence-electron chi connectivity index (χ4n) is 1.83. The Hall–Kier alpha value is -0.610. The molecule has 0 aliphatic carbocycles. The lowest BCUT2D eigenvalue weighted by Gasteiger charge is -2.22. The molecule has 1 aliphatic heterocycles. The van der Waals surface area contributed by atoms with E-state index in [0.29, 0.717) is 5.92 Å². The monoisotopic (exact) mass is 228 g/mol. The van der Waals surface area contributed by atoms with Crippen LogP contribution in [0.3, 0.4) is 0 Å². The van der Waals surface area contributed by atoms with Crippen LogP contribution in [-0.2, 0) is 9.53 Å². The lowest BCUT2D eigenvalue weighted by Crippen LogP contribution is -2.39. The summed E-state index contributed by atoms with van der Waals surface area (Å²) in [5.41, 5.74) is 5.67. The lowest BCUT2D eigenvalue weighted by atomic mass is 9.96. The Labute approximate surface area is 97.9 Å². The zero-order valence-electron chi connectivity index (χ0n) is 10.4. The van der Waals surface area contributed by atoms with E-state index in [1.165, 1.54) is 0 Å². The molecule has 0 radical (unpaired) electrons. The van der Waals surface area contributed by atoms with Crippen LogP contribution in [0, 0.1) is 11.8 Å². The van der Waals surface area contributed by atoms with Crippen molar-refractivity contribution < 1.29 is 9.53 Å². The van der Waals surface area contributed by atoms with Gasteiger partial charge in [-0.25, -0.2) is 0 Å². The molecule has 1 saturated heterocycles. The van der Waals surface area contributed by atoms with E-state index in [-0.39, 0.29) is 17.9 Å². The van der Waals surface area contributed by atoms with Crippen molar-refractivity contribution in [3.05, 3.63) is 0 Å². The number of hydrogen-bond donors (Lipinski definition) is 2. The summed E-state index contributed by atoms with van der Waals surface area (Å²) >= 11 is 0. The van der Waals surface area contributed by atoms with Crippen molar-refractivity contribution in [1.29, 1.82) is 0 Å². The van der Waals surface area contributed by atoms with Crippen molar-refractivity contribution >= 4 is 5.91 Å². The number of carbonyl (C=O) groups is 1. The van der Waals surface area contributed by atoms with Gasteiger partial charge in [-0.15, -0.1) is 0 Å². The smallest absolute Gasteiger partial charge is 0.224 e. The van der Waals surface area contributed by atoms with Crippen molar-refractivity contribution in [3.63, 3.8) is 0 Å². The molecule has 2 atom stereocenters. The van der Waals surface area contributed by atoms with Crippen LogP contribution in [-0.4, -0.2) is 31.7 Å². The third kappa shape index (κ3) is 4.49. The van der Waals surface area contributed by atoms with Gasteiger partial charge in [-0.3, -0.25) is 4.79 Å². The minimum absolute atomic E-state index is 0.0714. The first-order valence-corrected chi connectivity index (χ1v) is 6.22. The molecule has 1 aliphatic rings. The predicted octanol–water partition coefficient (Wildman–Crippen LogP) is 0.903. The van der Waals surface area contributed by atoms with E-state index >= 15 is 0 Å². The minimum atomic E-state index is -0.102. The van der Waals surface area contributed by atoms with Crippen molar-refractivity contribution in [2.24, 2.45) is 17.6 Å². The van der Waals surface area contributed by atoms with Gasteiger partial charge < -0.3 is 15.8 Å². The van der Waals surface area contributed by atoms with Crippen molar-refractivity contribution in [2.75, 3.05) is 19.8 Å². The zero-order valence-corrected chi connectivity index (χ0v) is 10.4. The quantitative estimate of drug-likeness (QED) is 0.735. The van der Waals surface area contributed by atoms with Gasteiger partial charge >= 0.3 is 0 Å². The molecule has 4 nitrogen and oxygen atoms in total. The summed E-state index contributed by atoms with van der Waals surface area (Å²) in [6.07, 6.45) is 3.30. The van der Waals surface area contributed by atoms with Crippen LogP contribution < -0.4 is 11.1 Å². The van der Waals surface area contributed by atoms with Crippen LogP contribution in [0.15, 0.2) is 0 Å². The van der Waals surface area contributed by atoms with E-state index in [4.69, 9.17) is 10.5 Å². The largest absolute Gasteiger partial charge is 0.381 e. The molecule has 1 fully saturated rings. The van der Waals surface area contributed by atoms with Gasteiger partial charge in [0.15, 0.2) is 0 Å². The molecule has 1 rings (SSSR count). The summed E-state index contributed by atoms with van der Waals surface area (Å²) in [6.45, 7) is 6.24. The molecule has 0 aromatic rings. The second-order valence-corrected chi connectivity index (χ2v) is 4.78. The SMILES string of the molecule is CC(N)C(C)C(=O)NCCC1CCOCC1. The summed E-state index contributed by atoms with van der Waals surface area (Å²) in [5, 5.41) is 2.95. The summed E-state index contributed by atoms with van der Waals surface area (Å²) in [4.78, 5) is 11.6. The second kappa shape index (κ2) is 6.86. The van der Waals surface area contributed by atoms with Crippen molar-refractivity contribution in [2.45, 2.75) is 39.2 Å². The van der Waals surface area contributed by atoms with Crippen molar-refractivity contribution in [1.82, 2.24) is 5.32 Å². The maximum absolute atomic E-state index is 11.6. The first-order valence-electron chi connectivity index (χ1n) is 6.22. The Bertz CT molecular complexity index is 213. The Morgan fingerprint density at radius 2 is 2.06 bits per heavy atom. The van der Waals surface area contributed by atoms with Gasteiger partial charge in [-0.1, -0.05) is 6.92 Å². The van der Waals surface area contributed by atoms with Gasteiger partial charge in [0.2, 0.25) is 5.91 Å². The number of rotatable bonds is 5. The number of carbonyl (C=O) groups excluding carboxylic acids is 1. The molecule has 16 heavy (non-hydrogen) atoms. The fraction of sp³-hybridized carbons (Fsp3) is 0.917. The van der Waals surface area contributed by atoms with E-state index in [0.717, 1.165) is 39.0 Å². The topological polar surface area (TPSA) is 64.4 Å². The number of nitrogens with one attached hydrogen (secondary N) is 1. The van der Waals surface area contributed by atoms with Gasteiger partial charge in [0.05, 0.1) is 0 Å². The van der Waals surface area contributed by atoms with Crippen LogP contribution >= 0.6 is 0 Å². The highest BCUT2D eigenvalue weighted by Crippen LogP contribution is 2.17. The zero-order chi connectivity index (χ0) is 12.0. The normalized spacial score (nSPS) is 21.4. The average molecular weight is 228 g/mol. The molecule has 0 saturated carbocycles. The molecule has 94 valence electrons. The molecule has 0 aromatic heterocycles. The lowest BCUT2D eigenvalue weighted by molar-refractivity contribution is -0.125. The number of ether oxygens (including phenoxy) is 1. The first-order chi connectivity index (χ1) is 7.61. The highest BCUT2D eigenvalue weighted by molar-refractivity contribution is 5.78. The molecule has 1 heterocycles. The third-order valence-electron chi connectivity index (χ3n) is 3.39. The van der Waals surface area contributed by atoms with Crippen LogP contribution in [0.4, 0.5) is 0 Å². The Kier molecular flexibility index (Phi) is 5.77. The fourth-order valence-corrected chi connectivity index (χ4v) is 1.83. The Balaban J connectivity index is 2.12. The van der Waals surface area contributed by atoms with Crippen LogP contribution in [0.1, 0.15) is 33.1 Å². The van der Waals surface area contributed by atoms with E-state index in [1.807, 2.05) is 13.8 Å². The summed E-state index contributed by atoms with van der Waals surface area (Å²) < 4.78 is 5.29. The van der Waals surface area contributed by atoms with Gasteiger partial charge in [-0.2, -0.15) is 0 Å². The molecule has 2 unspecified atom stereocenters. The number of amides is 1. The van der Waals surface area contributed by atoms with Gasteiger partial charge in [0, 0.05) is 31.7 Å². The molecular weight excluding hydrogens is 204 g/mol. The number of nitrogens with two attached hydrogens (primary N) is 1. The first kappa shape index (κ1) is 13.5. The van der Waals surface area contributed by atoms with E-state index in [9.17, 15) is 4.79 Å². The standard InChI is InChI=1S/C12H24N2O2/c1-9(10(2)13)12(15)14-6-3-11-4-7-16-8-5-11/h9-11H,3-8,13H2,1-2H3,(H,14,15). The summed E-state index contributed by atoms with van der Waals surface area (Å²) in [7, 11) is 0. The Morgan fingerprint density at radius 3 is 2.62 bits per heavy atom. The molecule has 0 aromatic carbocycles. The molecule has 0 spiro atoms. The van der Waals surface area contributed by atoms with E-state index < -0.39 is 0 Å². The van der Waals surface area contributed by atoms with Crippen molar-refractivity contribution in [3.8, 4) is 0 Å². The molecule has 4 heteroatoms. The van der Waals surface area contributed by atoms with E-state index in [1.54, 1.807) is 0 Å². The van der Waals surface area contributed by atoms with Crippen LogP contribution in [0.5, 0.6) is 0 Å². The van der Waals surface area contributed by atoms with Crippen LogP contribution in [0.25, 0.3) is 0 Å². The van der Waals surface area contributed by atoms with E-state index in [2.05, 4.69) is 5.32 Å². The van der Waals surface area contributed by atoms with Gasteiger partial charge in [0.25, 0.3) is 0 Å². The predicted molar refractivity (Wildman–Crippen MR) is 64.0 cm³/mol. The molecule has 3 N–H and O–H groups in total. The maximum Gasteiger partial charge on any atom is 0.224 e. The van der Waals surface area contributed by atoms with Gasteiger partial charge in [0.1, 0.15) is 0 Å².